The van der Waals surface area contributed by atoms with Gasteiger partial charge < -0.3 is 9.47 Å². The molecule has 0 fully saturated rings. The summed E-state index contributed by atoms with van der Waals surface area (Å²) in [4.78, 5) is 25.2. The minimum absolute atomic E-state index is 0.0454. The van der Waals surface area contributed by atoms with Crippen molar-refractivity contribution in [3.8, 4) is 0 Å². The molecule has 2 aromatic rings. The van der Waals surface area contributed by atoms with Crippen LogP contribution in [-0.4, -0.2) is 22.4 Å². The molecule has 0 spiro atoms. The summed E-state index contributed by atoms with van der Waals surface area (Å²) in [5.41, 5.74) is 0.811. The van der Waals surface area contributed by atoms with Crippen molar-refractivity contribution in [2.75, 3.05) is 7.05 Å². The van der Waals surface area contributed by atoms with Crippen LogP contribution in [0.3, 0.4) is 0 Å². The van der Waals surface area contributed by atoms with Gasteiger partial charge in [-0.2, -0.15) is 0 Å². The predicted molar refractivity (Wildman–Crippen MR) is 78.6 cm³/mol. The smallest absolute Gasteiger partial charge is 0.250 e. The van der Waals surface area contributed by atoms with Crippen LogP contribution < -0.4 is 5.56 Å². The van der Waals surface area contributed by atoms with Crippen molar-refractivity contribution in [1.82, 2.24) is 9.47 Å². The zero-order valence-electron chi connectivity index (χ0n) is 11.1. The highest BCUT2D eigenvalue weighted by molar-refractivity contribution is 6.30. The number of hydrogen-bond donors (Lipinski definition) is 0. The SMILES string of the molecule is CN(Cc1ccc(Cl)cc1)C(=O)Cn1ccccc1=O. The van der Waals surface area contributed by atoms with E-state index < -0.39 is 0 Å². The van der Waals surface area contributed by atoms with E-state index in [1.54, 1.807) is 42.4 Å². The molecule has 5 heteroatoms. The van der Waals surface area contributed by atoms with Crippen LogP contribution in [0.1, 0.15) is 5.56 Å². The number of halogens is 1. The molecule has 4 nitrogen and oxygen atoms in total. The summed E-state index contributed by atoms with van der Waals surface area (Å²) in [5.74, 6) is -0.117. The first-order valence-corrected chi connectivity index (χ1v) is 6.58. The molecule has 0 aliphatic carbocycles. The van der Waals surface area contributed by atoms with E-state index in [-0.39, 0.29) is 18.0 Å². The van der Waals surface area contributed by atoms with Gasteiger partial charge in [0.1, 0.15) is 6.54 Å². The van der Waals surface area contributed by atoms with Gasteiger partial charge in [0.15, 0.2) is 0 Å². The van der Waals surface area contributed by atoms with Gasteiger partial charge in [-0.3, -0.25) is 9.59 Å². The molecule has 1 aromatic carbocycles. The number of nitrogens with zero attached hydrogens (tertiary/aromatic N) is 2. The molecule has 0 bridgehead atoms. The molecule has 0 atom stereocenters. The lowest BCUT2D eigenvalue weighted by Gasteiger charge is -2.18. The third kappa shape index (κ3) is 3.71. The van der Waals surface area contributed by atoms with Crippen molar-refractivity contribution in [2.24, 2.45) is 0 Å². The largest absolute Gasteiger partial charge is 0.340 e. The summed E-state index contributed by atoms with van der Waals surface area (Å²) >= 11 is 5.82. The number of hydrogen-bond acceptors (Lipinski definition) is 2. The maximum Gasteiger partial charge on any atom is 0.250 e. The molecular weight excluding hydrogens is 276 g/mol. The van der Waals surface area contributed by atoms with Crippen LogP contribution in [0.2, 0.25) is 5.02 Å². The zero-order chi connectivity index (χ0) is 14.5. The fraction of sp³-hybridized carbons (Fsp3) is 0.200. The Morgan fingerprint density at radius 1 is 1.20 bits per heavy atom. The lowest BCUT2D eigenvalue weighted by atomic mass is 10.2. The van der Waals surface area contributed by atoms with Crippen molar-refractivity contribution in [3.05, 3.63) is 69.6 Å². The van der Waals surface area contributed by atoms with Gasteiger partial charge in [-0.25, -0.2) is 0 Å². The molecule has 0 aliphatic heterocycles. The first-order valence-electron chi connectivity index (χ1n) is 6.20. The molecule has 0 radical (unpaired) electrons. The molecule has 0 aliphatic rings. The molecule has 104 valence electrons. The minimum Gasteiger partial charge on any atom is -0.340 e. The van der Waals surface area contributed by atoms with Crippen LogP contribution in [0.25, 0.3) is 0 Å². The van der Waals surface area contributed by atoms with Crippen LogP contribution in [0.15, 0.2) is 53.5 Å². The number of pyridine rings is 1. The second-order valence-electron chi connectivity index (χ2n) is 4.54. The van der Waals surface area contributed by atoms with E-state index in [4.69, 9.17) is 11.6 Å². The summed E-state index contributed by atoms with van der Waals surface area (Å²) in [6.45, 7) is 0.529. The molecule has 0 saturated carbocycles. The number of aromatic nitrogens is 1. The van der Waals surface area contributed by atoms with Gasteiger partial charge in [0.2, 0.25) is 5.91 Å². The van der Waals surface area contributed by atoms with Crippen molar-refractivity contribution >= 4 is 17.5 Å². The van der Waals surface area contributed by atoms with E-state index in [2.05, 4.69) is 0 Å². The van der Waals surface area contributed by atoms with E-state index in [1.165, 1.54) is 10.6 Å². The number of carbonyl (C=O) groups excluding carboxylic acids is 1. The van der Waals surface area contributed by atoms with Gasteiger partial charge in [0.25, 0.3) is 5.56 Å². The van der Waals surface area contributed by atoms with E-state index >= 15 is 0 Å². The number of carbonyl (C=O) groups is 1. The first-order chi connectivity index (χ1) is 9.56. The van der Waals surface area contributed by atoms with Crippen molar-refractivity contribution in [1.29, 1.82) is 0 Å². The molecule has 0 N–H and O–H groups in total. The molecule has 1 aromatic heterocycles. The Morgan fingerprint density at radius 3 is 2.55 bits per heavy atom. The number of amides is 1. The predicted octanol–water partition coefficient (Wildman–Crippen LogP) is 2.16. The van der Waals surface area contributed by atoms with E-state index in [9.17, 15) is 9.59 Å². The van der Waals surface area contributed by atoms with E-state index in [0.717, 1.165) is 5.56 Å². The third-order valence-electron chi connectivity index (χ3n) is 2.96. The highest BCUT2D eigenvalue weighted by atomic mass is 35.5. The van der Waals surface area contributed by atoms with Gasteiger partial charge in [-0.1, -0.05) is 29.8 Å². The van der Waals surface area contributed by atoms with Gasteiger partial charge in [-0.15, -0.1) is 0 Å². The summed E-state index contributed by atoms with van der Waals surface area (Å²) in [5, 5.41) is 0.665. The van der Waals surface area contributed by atoms with Crippen molar-refractivity contribution in [3.63, 3.8) is 0 Å². The average molecular weight is 291 g/mol. The zero-order valence-corrected chi connectivity index (χ0v) is 11.9. The second kappa shape index (κ2) is 6.39. The molecule has 1 heterocycles. The fourth-order valence-electron chi connectivity index (χ4n) is 1.81. The first kappa shape index (κ1) is 14.3. The Kier molecular flexibility index (Phi) is 4.58. The maximum atomic E-state index is 12.1. The lowest BCUT2D eigenvalue weighted by Crippen LogP contribution is -2.33. The normalized spacial score (nSPS) is 10.3. The Morgan fingerprint density at radius 2 is 1.90 bits per heavy atom. The Hall–Kier alpha value is -2.07. The summed E-state index contributed by atoms with van der Waals surface area (Å²) in [7, 11) is 1.71. The highest BCUT2D eigenvalue weighted by Crippen LogP contribution is 2.11. The Labute approximate surface area is 122 Å². The van der Waals surface area contributed by atoms with Gasteiger partial charge >= 0.3 is 0 Å². The minimum atomic E-state index is -0.180. The van der Waals surface area contributed by atoms with E-state index in [0.29, 0.717) is 11.6 Å². The Balaban J connectivity index is 2.00. The van der Waals surface area contributed by atoms with Crippen LogP contribution in [-0.2, 0) is 17.9 Å². The van der Waals surface area contributed by atoms with Crippen LogP contribution >= 0.6 is 11.6 Å². The molecule has 1 amide bonds. The monoisotopic (exact) mass is 290 g/mol. The highest BCUT2D eigenvalue weighted by Gasteiger charge is 2.10. The molecule has 0 unspecified atom stereocenters. The topological polar surface area (TPSA) is 42.3 Å². The van der Waals surface area contributed by atoms with Crippen LogP contribution in [0.4, 0.5) is 0 Å². The lowest BCUT2D eigenvalue weighted by molar-refractivity contribution is -0.131. The number of rotatable bonds is 4. The van der Waals surface area contributed by atoms with Crippen molar-refractivity contribution in [2.45, 2.75) is 13.1 Å². The van der Waals surface area contributed by atoms with Gasteiger partial charge in [0.05, 0.1) is 0 Å². The maximum absolute atomic E-state index is 12.1. The van der Waals surface area contributed by atoms with Crippen LogP contribution in [0, 0.1) is 0 Å². The van der Waals surface area contributed by atoms with Gasteiger partial charge in [0, 0.05) is 30.9 Å². The molecular formula is C15H15ClN2O2. The summed E-state index contributed by atoms with van der Waals surface area (Å²) in [6, 6.07) is 12.1. The molecule has 2 rings (SSSR count). The molecule has 20 heavy (non-hydrogen) atoms. The second-order valence-corrected chi connectivity index (χ2v) is 4.98. The summed E-state index contributed by atoms with van der Waals surface area (Å²) in [6.07, 6.45) is 1.61. The average Bonchev–Trinajstić information content (AvgIpc) is 2.44. The number of likely N-dealkylation sites (N-methyl/N-ethyl adjacent to an activating group) is 1. The quantitative estimate of drug-likeness (QED) is 0.866. The van der Waals surface area contributed by atoms with Crippen molar-refractivity contribution < 1.29 is 4.79 Å². The fourth-order valence-corrected chi connectivity index (χ4v) is 1.94. The molecule has 0 saturated heterocycles. The standard InChI is InChI=1S/C15H15ClN2O2/c1-17(10-12-5-7-13(16)8-6-12)15(20)11-18-9-3-2-4-14(18)19/h2-9H,10-11H2,1H3. The van der Waals surface area contributed by atoms with Gasteiger partial charge in [-0.05, 0) is 23.8 Å². The van der Waals surface area contributed by atoms with Crippen LogP contribution in [0.5, 0.6) is 0 Å². The Bertz CT molecular complexity index is 649. The van der Waals surface area contributed by atoms with E-state index in [1.807, 2.05) is 12.1 Å². The summed E-state index contributed by atoms with van der Waals surface area (Å²) < 4.78 is 1.39. The number of benzene rings is 1. The third-order valence-corrected chi connectivity index (χ3v) is 3.22.